The van der Waals surface area contributed by atoms with E-state index >= 15 is 0 Å². The van der Waals surface area contributed by atoms with Crippen LogP contribution in [0.15, 0.2) is 48.5 Å². The summed E-state index contributed by atoms with van der Waals surface area (Å²) in [5.41, 5.74) is 4.59. The Kier molecular flexibility index (Phi) is 7.20. The largest absolute Gasteiger partial charge is 0.480 e. The van der Waals surface area contributed by atoms with E-state index in [2.05, 4.69) is 29.6 Å². The number of benzene rings is 2. The summed E-state index contributed by atoms with van der Waals surface area (Å²) in [5.74, 6) is -1.35. The highest BCUT2D eigenvalue weighted by molar-refractivity contribution is 5.85. The monoisotopic (exact) mass is 464 g/mol. The van der Waals surface area contributed by atoms with Gasteiger partial charge >= 0.3 is 12.1 Å². The van der Waals surface area contributed by atoms with Gasteiger partial charge in [-0.15, -0.1) is 0 Å². The fourth-order valence-corrected chi connectivity index (χ4v) is 5.28. The van der Waals surface area contributed by atoms with Crippen molar-refractivity contribution in [2.45, 2.75) is 57.5 Å². The number of fused-ring (bicyclic) bond motifs is 3. The summed E-state index contributed by atoms with van der Waals surface area (Å²) < 4.78 is 5.61. The first kappa shape index (κ1) is 23.8. The zero-order valence-corrected chi connectivity index (χ0v) is 19.7. The number of nitrogens with zero attached hydrogens (tertiary/aromatic N) is 1. The first-order valence-corrected chi connectivity index (χ1v) is 12.0. The van der Waals surface area contributed by atoms with Gasteiger partial charge in [0.2, 0.25) is 5.91 Å². The van der Waals surface area contributed by atoms with Gasteiger partial charge in [0.15, 0.2) is 0 Å². The average Bonchev–Trinajstić information content (AvgIpc) is 3.15. The summed E-state index contributed by atoms with van der Waals surface area (Å²) in [6, 6.07) is 15.0. The molecule has 1 saturated heterocycles. The highest BCUT2D eigenvalue weighted by Gasteiger charge is 2.37. The summed E-state index contributed by atoms with van der Waals surface area (Å²) in [6.07, 6.45) is 1.60. The second-order valence-corrected chi connectivity index (χ2v) is 9.27. The van der Waals surface area contributed by atoms with Crippen LogP contribution in [0.2, 0.25) is 0 Å². The van der Waals surface area contributed by atoms with Crippen molar-refractivity contribution < 1.29 is 24.2 Å². The van der Waals surface area contributed by atoms with Crippen molar-refractivity contribution >= 4 is 18.0 Å². The Morgan fingerprint density at radius 1 is 1.09 bits per heavy atom. The second kappa shape index (κ2) is 10.3. The highest BCUT2D eigenvalue weighted by atomic mass is 16.5. The van der Waals surface area contributed by atoms with Gasteiger partial charge in [0.05, 0.1) is 0 Å². The topological polar surface area (TPSA) is 95.9 Å². The maximum atomic E-state index is 12.9. The predicted molar refractivity (Wildman–Crippen MR) is 128 cm³/mol. The van der Waals surface area contributed by atoms with Crippen LogP contribution in [-0.4, -0.2) is 53.2 Å². The molecule has 0 aromatic heterocycles. The molecule has 4 rings (SSSR count). The van der Waals surface area contributed by atoms with Crippen molar-refractivity contribution in [3.05, 3.63) is 59.7 Å². The average molecular weight is 465 g/mol. The molecule has 0 radical (unpaired) electrons. The van der Waals surface area contributed by atoms with Gasteiger partial charge < -0.3 is 20.1 Å². The number of nitrogens with one attached hydrogen (secondary N) is 1. The lowest BCUT2D eigenvalue weighted by atomic mass is 9.90. The Morgan fingerprint density at radius 2 is 1.71 bits per heavy atom. The molecule has 1 fully saturated rings. The van der Waals surface area contributed by atoms with Crippen LogP contribution in [0.25, 0.3) is 11.1 Å². The lowest BCUT2D eigenvalue weighted by Crippen LogP contribution is -2.53. The Hall–Kier alpha value is -3.35. The van der Waals surface area contributed by atoms with Gasteiger partial charge in [-0.1, -0.05) is 62.4 Å². The minimum atomic E-state index is -0.974. The van der Waals surface area contributed by atoms with Crippen molar-refractivity contribution in [1.82, 2.24) is 10.2 Å². The van der Waals surface area contributed by atoms with Gasteiger partial charge in [0.25, 0.3) is 0 Å². The lowest BCUT2D eigenvalue weighted by Gasteiger charge is -2.38. The Bertz CT molecular complexity index is 1020. The maximum absolute atomic E-state index is 12.9. The van der Waals surface area contributed by atoms with Crippen LogP contribution in [0.4, 0.5) is 4.79 Å². The molecule has 3 atom stereocenters. The summed E-state index contributed by atoms with van der Waals surface area (Å²) >= 11 is 0. The van der Waals surface area contributed by atoms with E-state index in [1.807, 2.05) is 38.1 Å². The molecule has 34 heavy (non-hydrogen) atoms. The number of aliphatic carboxylic acids is 1. The summed E-state index contributed by atoms with van der Waals surface area (Å²) in [7, 11) is 0. The van der Waals surface area contributed by atoms with Crippen LogP contribution in [0, 0.1) is 5.92 Å². The van der Waals surface area contributed by atoms with Gasteiger partial charge in [0, 0.05) is 24.9 Å². The number of hydrogen-bond donors (Lipinski definition) is 2. The molecule has 2 amide bonds. The number of hydrogen-bond acceptors (Lipinski definition) is 4. The number of amides is 2. The van der Waals surface area contributed by atoms with Crippen molar-refractivity contribution in [2.75, 3.05) is 13.2 Å². The van der Waals surface area contributed by atoms with E-state index in [0.29, 0.717) is 13.0 Å². The quantitative estimate of drug-likeness (QED) is 0.633. The lowest BCUT2D eigenvalue weighted by molar-refractivity contribution is -0.154. The van der Waals surface area contributed by atoms with Gasteiger partial charge in [-0.25, -0.2) is 9.59 Å². The third-order valence-corrected chi connectivity index (χ3v) is 7.09. The van der Waals surface area contributed by atoms with Gasteiger partial charge in [0.1, 0.15) is 12.6 Å². The zero-order chi connectivity index (χ0) is 24.2. The maximum Gasteiger partial charge on any atom is 0.407 e. The predicted octanol–water partition coefficient (Wildman–Crippen LogP) is 4.41. The number of carboxylic acids is 1. The van der Waals surface area contributed by atoms with Gasteiger partial charge in [-0.2, -0.15) is 0 Å². The first-order chi connectivity index (χ1) is 16.4. The third kappa shape index (κ3) is 4.79. The smallest absolute Gasteiger partial charge is 0.407 e. The van der Waals surface area contributed by atoms with E-state index in [-0.39, 0.29) is 30.8 Å². The molecule has 7 nitrogen and oxygen atoms in total. The molecular formula is C27H32N2O5. The molecule has 0 spiro atoms. The van der Waals surface area contributed by atoms with E-state index in [0.717, 1.165) is 35.1 Å². The fourth-order valence-electron chi connectivity index (χ4n) is 5.28. The molecule has 180 valence electrons. The van der Waals surface area contributed by atoms with E-state index in [1.165, 1.54) is 4.90 Å². The Labute approximate surface area is 200 Å². The molecule has 2 unspecified atom stereocenters. The molecule has 1 aliphatic carbocycles. The van der Waals surface area contributed by atoms with Gasteiger partial charge in [-0.3, -0.25) is 4.79 Å². The standard InChI is InChI=1S/C27H32N2O5/c1-3-18(15-24(30)29-14-8-9-17(2)25(29)26(31)32)28-27(33)34-16-23-21-12-6-4-10-19(21)20-11-5-7-13-22(20)23/h4-7,10-13,17-18,23,25H,3,8-9,14-16H2,1-2H3,(H,28,33)(H,31,32)/t17?,18-,25?/m1/s1. The molecule has 7 heteroatoms. The Balaban J connectivity index is 1.36. The molecule has 0 saturated carbocycles. The normalized spacial score (nSPS) is 20.2. The number of likely N-dealkylation sites (tertiary alicyclic amines) is 1. The number of rotatable bonds is 7. The Morgan fingerprint density at radius 3 is 2.29 bits per heavy atom. The molecule has 1 heterocycles. The van der Waals surface area contributed by atoms with E-state index in [9.17, 15) is 19.5 Å². The van der Waals surface area contributed by atoms with Crippen LogP contribution < -0.4 is 5.32 Å². The van der Waals surface area contributed by atoms with Crippen LogP contribution in [-0.2, 0) is 14.3 Å². The molecular weight excluding hydrogens is 432 g/mol. The van der Waals surface area contributed by atoms with E-state index in [4.69, 9.17) is 4.74 Å². The van der Waals surface area contributed by atoms with Crippen molar-refractivity contribution in [3.8, 4) is 11.1 Å². The number of carbonyl (C=O) groups is 3. The summed E-state index contributed by atoms with van der Waals surface area (Å²) in [5, 5.41) is 12.4. The molecule has 1 aliphatic heterocycles. The number of piperidine rings is 1. The molecule has 2 aliphatic rings. The van der Waals surface area contributed by atoms with Gasteiger partial charge in [-0.05, 0) is 47.4 Å². The first-order valence-electron chi connectivity index (χ1n) is 12.0. The second-order valence-electron chi connectivity index (χ2n) is 9.27. The number of alkyl carbamates (subject to hydrolysis) is 1. The number of ether oxygens (including phenoxy) is 1. The van der Waals surface area contributed by atoms with E-state index < -0.39 is 24.1 Å². The van der Waals surface area contributed by atoms with Crippen LogP contribution in [0.3, 0.4) is 0 Å². The molecule has 2 aromatic carbocycles. The highest BCUT2D eigenvalue weighted by Crippen LogP contribution is 2.44. The van der Waals surface area contributed by atoms with Crippen LogP contribution in [0.5, 0.6) is 0 Å². The van der Waals surface area contributed by atoms with Crippen molar-refractivity contribution in [2.24, 2.45) is 5.92 Å². The minimum Gasteiger partial charge on any atom is -0.480 e. The zero-order valence-electron chi connectivity index (χ0n) is 19.7. The molecule has 2 N–H and O–H groups in total. The van der Waals surface area contributed by atoms with Crippen molar-refractivity contribution in [3.63, 3.8) is 0 Å². The molecule has 2 aromatic rings. The van der Waals surface area contributed by atoms with Crippen molar-refractivity contribution in [1.29, 1.82) is 0 Å². The summed E-state index contributed by atoms with van der Waals surface area (Å²) in [4.78, 5) is 38.7. The molecule has 0 bridgehead atoms. The van der Waals surface area contributed by atoms with E-state index in [1.54, 1.807) is 0 Å². The third-order valence-electron chi connectivity index (χ3n) is 7.09. The fraction of sp³-hybridized carbons (Fsp3) is 0.444. The number of carbonyl (C=O) groups excluding carboxylic acids is 2. The number of carboxylic acid groups (broad SMARTS) is 1. The minimum absolute atomic E-state index is 0.0361. The van der Waals surface area contributed by atoms with Crippen LogP contribution >= 0.6 is 0 Å². The summed E-state index contributed by atoms with van der Waals surface area (Å²) in [6.45, 7) is 4.39. The van der Waals surface area contributed by atoms with Crippen LogP contribution in [0.1, 0.15) is 56.6 Å². The SMILES string of the molecule is CC[C@H](CC(=O)N1CCCC(C)C1C(=O)O)NC(=O)OCC1c2ccccc2-c2ccccc21.